The van der Waals surface area contributed by atoms with Crippen molar-refractivity contribution >= 4 is 5.78 Å². The van der Waals surface area contributed by atoms with Crippen LogP contribution in [0.2, 0.25) is 0 Å². The van der Waals surface area contributed by atoms with Crippen LogP contribution in [0.3, 0.4) is 0 Å². The van der Waals surface area contributed by atoms with E-state index in [9.17, 15) is 13.6 Å². The zero-order valence-corrected chi connectivity index (χ0v) is 10.6. The van der Waals surface area contributed by atoms with Crippen molar-refractivity contribution in [2.75, 3.05) is 0 Å². The number of carbonyl (C=O) groups excluding carboxylic acids is 1. The van der Waals surface area contributed by atoms with Crippen LogP contribution in [-0.2, 0) is 6.42 Å². The molecule has 0 amide bonds. The van der Waals surface area contributed by atoms with Crippen LogP contribution in [-0.4, -0.2) is 5.78 Å². The van der Waals surface area contributed by atoms with E-state index in [4.69, 9.17) is 0 Å². The van der Waals surface area contributed by atoms with Gasteiger partial charge in [-0.25, -0.2) is 8.78 Å². The van der Waals surface area contributed by atoms with Gasteiger partial charge >= 0.3 is 0 Å². The lowest BCUT2D eigenvalue weighted by Gasteiger charge is -2.04. The zero-order valence-electron chi connectivity index (χ0n) is 10.6. The van der Waals surface area contributed by atoms with E-state index in [1.165, 1.54) is 6.07 Å². The number of hydrogen-bond acceptors (Lipinski definition) is 1. The van der Waals surface area contributed by atoms with Gasteiger partial charge in [-0.05, 0) is 31.0 Å². The molecular formula is C16H14F2O. The summed E-state index contributed by atoms with van der Waals surface area (Å²) in [5, 5.41) is 0. The molecule has 0 bridgehead atoms. The maximum Gasteiger partial charge on any atom is 0.166 e. The largest absolute Gasteiger partial charge is 0.294 e. The Hall–Kier alpha value is -2.03. The van der Waals surface area contributed by atoms with E-state index in [2.05, 4.69) is 0 Å². The van der Waals surface area contributed by atoms with Crippen molar-refractivity contribution in [1.82, 2.24) is 0 Å². The van der Waals surface area contributed by atoms with Crippen molar-refractivity contribution in [1.29, 1.82) is 0 Å². The highest BCUT2D eigenvalue weighted by atomic mass is 19.1. The molecule has 0 aliphatic carbocycles. The number of Topliss-reactive ketones (excluding diaryl/α,β-unsaturated/α-hetero) is 1. The second-order valence-electron chi connectivity index (χ2n) is 4.53. The monoisotopic (exact) mass is 260 g/mol. The first-order chi connectivity index (χ1) is 9.06. The number of ketones is 1. The van der Waals surface area contributed by atoms with E-state index in [-0.39, 0.29) is 17.8 Å². The summed E-state index contributed by atoms with van der Waals surface area (Å²) in [6, 6.07) is 10.9. The molecule has 0 atom stereocenters. The van der Waals surface area contributed by atoms with Gasteiger partial charge in [0.05, 0.1) is 5.56 Å². The van der Waals surface area contributed by atoms with Crippen molar-refractivity contribution in [2.24, 2.45) is 0 Å². The Morgan fingerprint density at radius 1 is 1.05 bits per heavy atom. The van der Waals surface area contributed by atoms with E-state index >= 15 is 0 Å². The van der Waals surface area contributed by atoms with Crippen molar-refractivity contribution in [2.45, 2.75) is 19.8 Å². The third kappa shape index (κ3) is 3.47. The molecule has 2 aromatic carbocycles. The van der Waals surface area contributed by atoms with Crippen LogP contribution in [0.15, 0.2) is 42.5 Å². The van der Waals surface area contributed by atoms with Gasteiger partial charge in [0, 0.05) is 12.5 Å². The van der Waals surface area contributed by atoms with Gasteiger partial charge < -0.3 is 0 Å². The molecule has 1 nitrogen and oxygen atoms in total. The quantitative estimate of drug-likeness (QED) is 0.757. The van der Waals surface area contributed by atoms with Gasteiger partial charge in [0.1, 0.15) is 11.6 Å². The molecule has 0 heterocycles. The normalized spacial score (nSPS) is 10.5. The first-order valence-corrected chi connectivity index (χ1v) is 6.10. The van der Waals surface area contributed by atoms with Gasteiger partial charge in [-0.1, -0.05) is 29.8 Å². The van der Waals surface area contributed by atoms with E-state index < -0.39 is 11.6 Å². The summed E-state index contributed by atoms with van der Waals surface area (Å²) < 4.78 is 26.2. The predicted octanol–water partition coefficient (Wildman–Crippen LogP) is 4.09. The molecule has 2 aromatic rings. The van der Waals surface area contributed by atoms with Crippen molar-refractivity contribution in [3.8, 4) is 0 Å². The van der Waals surface area contributed by atoms with Gasteiger partial charge in [-0.3, -0.25) is 4.79 Å². The molecule has 3 heteroatoms. The SMILES string of the molecule is Cc1ccc(CCC(=O)c2ccc(F)cc2F)cc1. The molecule has 0 spiro atoms. The third-order valence-electron chi connectivity index (χ3n) is 2.99. The average molecular weight is 260 g/mol. The van der Waals surface area contributed by atoms with Crippen LogP contribution in [0.1, 0.15) is 27.9 Å². The highest BCUT2D eigenvalue weighted by molar-refractivity contribution is 5.96. The molecular weight excluding hydrogens is 246 g/mol. The minimum absolute atomic E-state index is 0.0477. The molecule has 98 valence electrons. The molecule has 0 aliphatic heterocycles. The van der Waals surface area contributed by atoms with Crippen molar-refractivity contribution in [3.63, 3.8) is 0 Å². The smallest absolute Gasteiger partial charge is 0.166 e. The Kier molecular flexibility index (Phi) is 4.05. The number of benzene rings is 2. The van der Waals surface area contributed by atoms with Crippen LogP contribution in [0, 0.1) is 18.6 Å². The topological polar surface area (TPSA) is 17.1 Å². The fourth-order valence-electron chi connectivity index (χ4n) is 1.86. The first-order valence-electron chi connectivity index (χ1n) is 6.10. The summed E-state index contributed by atoms with van der Waals surface area (Å²) in [5.74, 6) is -1.78. The highest BCUT2D eigenvalue weighted by Gasteiger charge is 2.12. The molecule has 2 rings (SSSR count). The van der Waals surface area contributed by atoms with Crippen LogP contribution >= 0.6 is 0 Å². The average Bonchev–Trinajstić information content (AvgIpc) is 2.37. The molecule has 0 aromatic heterocycles. The second kappa shape index (κ2) is 5.74. The Morgan fingerprint density at radius 3 is 2.37 bits per heavy atom. The minimum Gasteiger partial charge on any atom is -0.294 e. The van der Waals surface area contributed by atoms with E-state index in [0.717, 1.165) is 23.3 Å². The molecule has 0 radical (unpaired) electrons. The number of hydrogen-bond donors (Lipinski definition) is 0. The number of carbonyl (C=O) groups is 1. The van der Waals surface area contributed by atoms with E-state index in [0.29, 0.717) is 6.42 Å². The zero-order chi connectivity index (χ0) is 13.8. The molecule has 0 saturated carbocycles. The summed E-state index contributed by atoms with van der Waals surface area (Å²) in [7, 11) is 0. The van der Waals surface area contributed by atoms with Crippen LogP contribution < -0.4 is 0 Å². The van der Waals surface area contributed by atoms with Crippen molar-refractivity contribution in [3.05, 3.63) is 70.8 Å². The molecule has 0 aliphatic rings. The van der Waals surface area contributed by atoms with Crippen LogP contribution in [0.25, 0.3) is 0 Å². The van der Waals surface area contributed by atoms with E-state index in [1.54, 1.807) is 0 Å². The second-order valence-corrected chi connectivity index (χ2v) is 4.53. The summed E-state index contributed by atoms with van der Waals surface area (Å²) in [5.41, 5.74) is 2.13. The maximum absolute atomic E-state index is 13.4. The fraction of sp³-hybridized carbons (Fsp3) is 0.188. The molecule has 0 N–H and O–H groups in total. The lowest BCUT2D eigenvalue weighted by Crippen LogP contribution is -2.04. The summed E-state index contributed by atoms with van der Waals surface area (Å²) in [6.45, 7) is 1.99. The Balaban J connectivity index is 2.03. The number of halogens is 2. The fourth-order valence-corrected chi connectivity index (χ4v) is 1.86. The molecule has 0 saturated heterocycles. The Morgan fingerprint density at radius 2 is 1.74 bits per heavy atom. The molecule has 19 heavy (non-hydrogen) atoms. The number of rotatable bonds is 4. The van der Waals surface area contributed by atoms with Gasteiger partial charge in [0.2, 0.25) is 0 Å². The predicted molar refractivity (Wildman–Crippen MR) is 70.2 cm³/mol. The lowest BCUT2D eigenvalue weighted by molar-refractivity contribution is 0.0979. The van der Waals surface area contributed by atoms with Gasteiger partial charge in [-0.2, -0.15) is 0 Å². The van der Waals surface area contributed by atoms with E-state index in [1.807, 2.05) is 31.2 Å². The summed E-state index contributed by atoms with van der Waals surface area (Å²) in [4.78, 5) is 11.9. The summed E-state index contributed by atoms with van der Waals surface area (Å²) in [6.07, 6.45) is 0.765. The Labute approximate surface area is 110 Å². The minimum atomic E-state index is -0.797. The third-order valence-corrected chi connectivity index (χ3v) is 2.99. The van der Waals surface area contributed by atoms with Gasteiger partial charge in [0.15, 0.2) is 5.78 Å². The van der Waals surface area contributed by atoms with Crippen LogP contribution in [0.5, 0.6) is 0 Å². The number of aryl methyl sites for hydroxylation is 2. The highest BCUT2D eigenvalue weighted by Crippen LogP contribution is 2.14. The standard InChI is InChI=1S/C16H14F2O/c1-11-2-4-12(5-3-11)6-9-16(19)14-8-7-13(17)10-15(14)18/h2-5,7-8,10H,6,9H2,1H3. The maximum atomic E-state index is 13.4. The Bertz CT molecular complexity index is 588. The molecule has 0 unspecified atom stereocenters. The van der Waals surface area contributed by atoms with Gasteiger partial charge in [-0.15, -0.1) is 0 Å². The lowest BCUT2D eigenvalue weighted by atomic mass is 10.0. The van der Waals surface area contributed by atoms with Crippen LogP contribution in [0.4, 0.5) is 8.78 Å². The van der Waals surface area contributed by atoms with Gasteiger partial charge in [0.25, 0.3) is 0 Å². The molecule has 0 fully saturated rings. The first kappa shape index (κ1) is 13.4. The van der Waals surface area contributed by atoms with Crippen molar-refractivity contribution < 1.29 is 13.6 Å². The summed E-state index contributed by atoms with van der Waals surface area (Å²) >= 11 is 0.